The van der Waals surface area contributed by atoms with E-state index in [9.17, 15) is 13.2 Å². The third-order valence-electron chi connectivity index (χ3n) is 3.98. The summed E-state index contributed by atoms with van der Waals surface area (Å²) in [7, 11) is -3.67. The molecule has 1 saturated heterocycles. The smallest absolute Gasteiger partial charge is 0.238 e. The number of piperazine rings is 1. The Morgan fingerprint density at radius 3 is 2.08 bits per heavy atom. The molecule has 0 bridgehead atoms. The predicted molar refractivity (Wildman–Crippen MR) is 104 cm³/mol. The van der Waals surface area contributed by atoms with E-state index in [1.807, 2.05) is 11.8 Å². The van der Waals surface area contributed by atoms with Crippen LogP contribution in [0.3, 0.4) is 0 Å². The summed E-state index contributed by atoms with van der Waals surface area (Å²) in [5, 5.41) is 5.09. The van der Waals surface area contributed by atoms with Gasteiger partial charge >= 0.3 is 0 Å². The maximum atomic E-state index is 12.1. The maximum Gasteiger partial charge on any atom is 0.238 e. The van der Waals surface area contributed by atoms with E-state index < -0.39 is 10.0 Å². The lowest BCUT2D eigenvalue weighted by atomic mass is 10.1. The third kappa shape index (κ3) is 6.99. The molecule has 1 aliphatic heterocycles. The molecule has 0 radical (unpaired) electrons. The van der Waals surface area contributed by atoms with Crippen LogP contribution >= 0.6 is 24.8 Å². The molecule has 1 atom stereocenters. The first-order valence-electron chi connectivity index (χ1n) is 7.68. The highest BCUT2D eigenvalue weighted by molar-refractivity contribution is 7.89. The van der Waals surface area contributed by atoms with E-state index in [-0.39, 0.29) is 41.7 Å². The van der Waals surface area contributed by atoms with Crippen LogP contribution in [0.2, 0.25) is 0 Å². The number of amides is 1. The second-order valence-electron chi connectivity index (χ2n) is 5.92. The zero-order valence-electron chi connectivity index (χ0n) is 14.1. The molecule has 10 heteroatoms. The number of carbonyl (C=O) groups excluding carboxylic acids is 1. The first-order chi connectivity index (χ1) is 10.8. The van der Waals surface area contributed by atoms with Crippen LogP contribution in [0.4, 0.5) is 5.69 Å². The molecule has 1 aromatic rings. The Kier molecular flexibility index (Phi) is 9.75. The quantitative estimate of drug-likeness (QED) is 0.747. The molecular formula is C15H26Cl2N4O3S. The number of halogens is 2. The van der Waals surface area contributed by atoms with E-state index in [2.05, 4.69) is 4.90 Å². The Morgan fingerprint density at radius 2 is 1.64 bits per heavy atom. The molecule has 1 fully saturated rings. The van der Waals surface area contributed by atoms with E-state index in [0.29, 0.717) is 25.9 Å². The van der Waals surface area contributed by atoms with Crippen LogP contribution in [-0.2, 0) is 14.8 Å². The average Bonchev–Trinajstić information content (AvgIpc) is 2.52. The summed E-state index contributed by atoms with van der Waals surface area (Å²) in [5.41, 5.74) is 6.61. The molecule has 25 heavy (non-hydrogen) atoms. The Balaban J connectivity index is 0.00000288. The van der Waals surface area contributed by atoms with Crippen LogP contribution in [-0.4, -0.2) is 51.4 Å². The van der Waals surface area contributed by atoms with Gasteiger partial charge in [0.05, 0.1) is 4.90 Å². The highest BCUT2D eigenvalue weighted by Gasteiger charge is 2.21. The van der Waals surface area contributed by atoms with Crippen LogP contribution in [0.5, 0.6) is 0 Å². The number of hydrogen-bond acceptors (Lipinski definition) is 5. The second-order valence-corrected chi connectivity index (χ2v) is 7.48. The van der Waals surface area contributed by atoms with E-state index in [0.717, 1.165) is 18.8 Å². The van der Waals surface area contributed by atoms with Gasteiger partial charge < -0.3 is 15.5 Å². The average molecular weight is 413 g/mol. The molecule has 7 nitrogen and oxygen atoms in total. The molecule has 1 heterocycles. The van der Waals surface area contributed by atoms with Gasteiger partial charge in [-0.2, -0.15) is 0 Å². The molecular weight excluding hydrogens is 387 g/mol. The second kappa shape index (κ2) is 10.2. The van der Waals surface area contributed by atoms with Gasteiger partial charge in [-0.05, 0) is 37.6 Å². The number of benzene rings is 1. The molecule has 0 spiro atoms. The van der Waals surface area contributed by atoms with Crippen molar-refractivity contribution in [3.63, 3.8) is 0 Å². The molecule has 0 saturated carbocycles. The Morgan fingerprint density at radius 1 is 1.12 bits per heavy atom. The Bertz CT molecular complexity index is 645. The van der Waals surface area contributed by atoms with Crippen LogP contribution in [0.1, 0.15) is 19.8 Å². The normalized spacial score (nSPS) is 15.8. The molecule has 1 amide bonds. The molecule has 0 aromatic heterocycles. The summed E-state index contributed by atoms with van der Waals surface area (Å²) in [4.78, 5) is 16.2. The summed E-state index contributed by atoms with van der Waals surface area (Å²) in [6.45, 7) is 4.66. The highest BCUT2D eigenvalue weighted by Crippen LogP contribution is 2.19. The van der Waals surface area contributed by atoms with E-state index >= 15 is 0 Å². The fraction of sp³-hybridized carbons (Fsp3) is 0.533. The lowest BCUT2D eigenvalue weighted by Crippen LogP contribution is -2.49. The van der Waals surface area contributed by atoms with Crippen molar-refractivity contribution in [2.24, 2.45) is 10.9 Å². The monoisotopic (exact) mass is 412 g/mol. The van der Waals surface area contributed by atoms with Gasteiger partial charge in [0.1, 0.15) is 0 Å². The van der Waals surface area contributed by atoms with Gasteiger partial charge in [-0.1, -0.05) is 0 Å². The first-order valence-corrected chi connectivity index (χ1v) is 9.23. The zero-order chi connectivity index (χ0) is 17.0. The van der Waals surface area contributed by atoms with Crippen molar-refractivity contribution in [2.75, 3.05) is 31.1 Å². The van der Waals surface area contributed by atoms with Crippen LogP contribution in [0, 0.1) is 0 Å². The van der Waals surface area contributed by atoms with Gasteiger partial charge in [-0.25, -0.2) is 13.6 Å². The number of primary sulfonamides is 1. The Labute approximate surface area is 161 Å². The lowest BCUT2D eigenvalue weighted by Gasteiger charge is -2.36. The maximum absolute atomic E-state index is 12.1. The molecule has 1 aliphatic rings. The standard InChI is InChI=1S/C15H24N4O3S.2ClH/c1-12(16)2-7-15(20)19-10-8-18(9-11-19)13-3-5-14(6-4-13)23(17,21)22;;/h3-6,12H,2,7-11,16H2,1H3,(H2,17,21,22);2*1H. The first kappa shape index (κ1) is 23.9. The number of carbonyl (C=O) groups is 1. The summed E-state index contributed by atoms with van der Waals surface area (Å²) in [6, 6.07) is 6.54. The zero-order valence-corrected chi connectivity index (χ0v) is 16.6. The van der Waals surface area contributed by atoms with Crippen molar-refractivity contribution >= 4 is 46.4 Å². The summed E-state index contributed by atoms with van der Waals surface area (Å²) >= 11 is 0. The number of rotatable bonds is 5. The summed E-state index contributed by atoms with van der Waals surface area (Å²) in [5.74, 6) is 0.145. The van der Waals surface area contributed by atoms with Crippen molar-refractivity contribution in [1.82, 2.24) is 4.90 Å². The number of sulfonamides is 1. The van der Waals surface area contributed by atoms with E-state index in [4.69, 9.17) is 10.9 Å². The summed E-state index contributed by atoms with van der Waals surface area (Å²) < 4.78 is 22.5. The summed E-state index contributed by atoms with van der Waals surface area (Å²) in [6.07, 6.45) is 1.19. The van der Waals surface area contributed by atoms with Crippen molar-refractivity contribution in [1.29, 1.82) is 0 Å². The Hall–Kier alpha value is -1.06. The largest absolute Gasteiger partial charge is 0.368 e. The van der Waals surface area contributed by atoms with Crippen LogP contribution in [0.25, 0.3) is 0 Å². The van der Waals surface area contributed by atoms with Gasteiger partial charge in [0.15, 0.2) is 0 Å². The lowest BCUT2D eigenvalue weighted by molar-refractivity contribution is -0.131. The predicted octanol–water partition coefficient (Wildman–Crippen LogP) is 0.954. The molecule has 0 aliphatic carbocycles. The van der Waals surface area contributed by atoms with Crippen molar-refractivity contribution < 1.29 is 13.2 Å². The molecule has 4 N–H and O–H groups in total. The highest BCUT2D eigenvalue weighted by atomic mass is 35.5. The van der Waals surface area contributed by atoms with Crippen molar-refractivity contribution in [3.05, 3.63) is 24.3 Å². The minimum absolute atomic E-state index is 0. The van der Waals surface area contributed by atoms with Gasteiger partial charge in [0.2, 0.25) is 15.9 Å². The van der Waals surface area contributed by atoms with Crippen molar-refractivity contribution in [2.45, 2.75) is 30.7 Å². The SMILES string of the molecule is CC(N)CCC(=O)N1CCN(c2ccc(S(N)(=O)=O)cc2)CC1.Cl.Cl. The fourth-order valence-corrected chi connectivity index (χ4v) is 3.09. The van der Waals surface area contributed by atoms with Gasteiger partial charge in [-0.15, -0.1) is 24.8 Å². The molecule has 144 valence electrons. The number of nitrogens with zero attached hydrogens (tertiary/aromatic N) is 2. The molecule has 2 rings (SSSR count). The third-order valence-corrected chi connectivity index (χ3v) is 4.91. The molecule has 1 unspecified atom stereocenters. The van der Waals surface area contributed by atoms with Crippen LogP contribution in [0.15, 0.2) is 29.2 Å². The van der Waals surface area contributed by atoms with Gasteiger partial charge in [0, 0.05) is 44.3 Å². The van der Waals surface area contributed by atoms with Gasteiger partial charge in [-0.3, -0.25) is 4.79 Å². The van der Waals surface area contributed by atoms with E-state index in [1.165, 1.54) is 12.1 Å². The van der Waals surface area contributed by atoms with Crippen molar-refractivity contribution in [3.8, 4) is 0 Å². The minimum atomic E-state index is -3.67. The van der Waals surface area contributed by atoms with Crippen LogP contribution < -0.4 is 15.8 Å². The number of nitrogens with two attached hydrogens (primary N) is 2. The number of anilines is 1. The topological polar surface area (TPSA) is 110 Å². The molecule has 1 aromatic carbocycles. The van der Waals surface area contributed by atoms with E-state index in [1.54, 1.807) is 12.1 Å². The minimum Gasteiger partial charge on any atom is -0.368 e. The fourth-order valence-electron chi connectivity index (χ4n) is 2.57. The van der Waals surface area contributed by atoms with Gasteiger partial charge in [0.25, 0.3) is 0 Å². The number of hydrogen-bond donors (Lipinski definition) is 2.